The molecular formula is C11H14ClNO2S. The normalized spacial score (nSPS) is 25.0. The van der Waals surface area contributed by atoms with Gasteiger partial charge in [-0.2, -0.15) is 11.3 Å². The Hall–Kier alpha value is -0.580. The summed E-state index contributed by atoms with van der Waals surface area (Å²) in [4.78, 5) is 13.3. The minimum atomic E-state index is -0.0437. The second kappa shape index (κ2) is 5.17. The number of aliphatic hydroxyl groups is 1. The Bertz CT molecular complexity index is 355. The second-order valence-electron chi connectivity index (χ2n) is 4.04. The molecule has 0 spiro atoms. The molecule has 1 fully saturated rings. The molecule has 2 rings (SSSR count). The molecule has 1 aromatic rings. The molecule has 5 heteroatoms. The van der Waals surface area contributed by atoms with Crippen molar-refractivity contribution in [3.63, 3.8) is 0 Å². The van der Waals surface area contributed by atoms with E-state index in [4.69, 9.17) is 11.6 Å². The molecule has 0 bridgehead atoms. The molecule has 0 saturated carbocycles. The third kappa shape index (κ3) is 2.24. The number of thiophene rings is 1. The number of halogens is 1. The van der Waals surface area contributed by atoms with Crippen LogP contribution in [0.3, 0.4) is 0 Å². The lowest BCUT2D eigenvalue weighted by atomic mass is 9.92. The third-order valence-electron chi connectivity index (χ3n) is 3.11. The smallest absolute Gasteiger partial charge is 0.237 e. The number of carbonyl (C=O) groups is 1. The molecule has 1 saturated heterocycles. The number of hydrogen-bond donors (Lipinski definition) is 1. The maximum atomic E-state index is 11.5. The fourth-order valence-electron chi connectivity index (χ4n) is 2.21. The van der Waals surface area contributed by atoms with Crippen molar-refractivity contribution in [3.8, 4) is 0 Å². The second-order valence-corrected chi connectivity index (χ2v) is 5.09. The summed E-state index contributed by atoms with van der Waals surface area (Å²) >= 11 is 7.19. The average molecular weight is 260 g/mol. The van der Waals surface area contributed by atoms with Gasteiger partial charge in [0.05, 0.1) is 0 Å². The van der Waals surface area contributed by atoms with Gasteiger partial charge in [0.15, 0.2) is 0 Å². The van der Waals surface area contributed by atoms with Crippen LogP contribution in [0.15, 0.2) is 16.8 Å². The van der Waals surface area contributed by atoms with Crippen molar-refractivity contribution in [2.24, 2.45) is 5.92 Å². The van der Waals surface area contributed by atoms with E-state index in [0.29, 0.717) is 13.1 Å². The number of amides is 1. The number of nitrogens with zero attached hydrogens (tertiary/aromatic N) is 1. The van der Waals surface area contributed by atoms with E-state index in [-0.39, 0.29) is 30.2 Å². The fourth-order valence-corrected chi connectivity index (χ4v) is 3.10. The number of carbonyl (C=O) groups excluding carboxylic acids is 1. The lowest BCUT2D eigenvalue weighted by Gasteiger charge is -2.14. The van der Waals surface area contributed by atoms with Gasteiger partial charge in [-0.1, -0.05) is 0 Å². The molecule has 1 aromatic heterocycles. The summed E-state index contributed by atoms with van der Waals surface area (Å²) in [5.41, 5.74) is 1.22. The zero-order chi connectivity index (χ0) is 11.5. The summed E-state index contributed by atoms with van der Waals surface area (Å²) in [7, 11) is 0. The molecule has 1 N–H and O–H groups in total. The monoisotopic (exact) mass is 259 g/mol. The summed E-state index contributed by atoms with van der Waals surface area (Å²) in [6.45, 7) is 1.41. The largest absolute Gasteiger partial charge is 0.396 e. The maximum Gasteiger partial charge on any atom is 0.237 e. The van der Waals surface area contributed by atoms with Crippen LogP contribution in [0, 0.1) is 5.92 Å². The van der Waals surface area contributed by atoms with E-state index < -0.39 is 0 Å². The van der Waals surface area contributed by atoms with Crippen LogP contribution in [0.2, 0.25) is 0 Å². The van der Waals surface area contributed by atoms with Gasteiger partial charge in [0.1, 0.15) is 5.88 Å². The van der Waals surface area contributed by atoms with Crippen molar-refractivity contribution >= 4 is 28.8 Å². The van der Waals surface area contributed by atoms with Crippen molar-refractivity contribution in [2.45, 2.75) is 5.92 Å². The van der Waals surface area contributed by atoms with Crippen LogP contribution in [0.1, 0.15) is 11.5 Å². The van der Waals surface area contributed by atoms with E-state index in [1.165, 1.54) is 5.56 Å². The first-order valence-electron chi connectivity index (χ1n) is 5.23. The summed E-state index contributed by atoms with van der Waals surface area (Å²) < 4.78 is 0. The van der Waals surface area contributed by atoms with E-state index in [9.17, 15) is 9.90 Å². The number of hydrogen-bond acceptors (Lipinski definition) is 3. The molecule has 3 nitrogen and oxygen atoms in total. The minimum Gasteiger partial charge on any atom is -0.396 e. The number of aliphatic hydroxyl groups excluding tert-OH is 1. The van der Waals surface area contributed by atoms with Crippen molar-refractivity contribution in [3.05, 3.63) is 22.4 Å². The van der Waals surface area contributed by atoms with E-state index in [1.54, 1.807) is 16.2 Å². The minimum absolute atomic E-state index is 0.0223. The molecule has 0 aliphatic carbocycles. The summed E-state index contributed by atoms with van der Waals surface area (Å²) in [6, 6.07) is 2.06. The predicted octanol–water partition coefficient (Wildman–Crippen LogP) is 1.52. The van der Waals surface area contributed by atoms with Crippen molar-refractivity contribution in [1.29, 1.82) is 0 Å². The van der Waals surface area contributed by atoms with Crippen LogP contribution < -0.4 is 0 Å². The first kappa shape index (κ1) is 11.9. The van der Waals surface area contributed by atoms with Crippen LogP contribution in [0.5, 0.6) is 0 Å². The molecule has 1 aliphatic heterocycles. The Morgan fingerprint density at radius 3 is 3.00 bits per heavy atom. The predicted molar refractivity (Wildman–Crippen MR) is 64.9 cm³/mol. The third-order valence-corrected chi connectivity index (χ3v) is 4.04. The molecule has 88 valence electrons. The molecule has 0 radical (unpaired) electrons. The van der Waals surface area contributed by atoms with Crippen LogP contribution in [-0.2, 0) is 4.79 Å². The standard InChI is InChI=1S/C11H14ClNO2S/c12-3-11(15)13-4-9(6-14)10(5-13)8-1-2-16-7-8/h1-2,7,9-10,14H,3-6H2/t9-,10-/m0/s1. The van der Waals surface area contributed by atoms with Crippen LogP contribution in [-0.4, -0.2) is 41.5 Å². The van der Waals surface area contributed by atoms with Crippen LogP contribution in [0.25, 0.3) is 0 Å². The van der Waals surface area contributed by atoms with Crippen LogP contribution >= 0.6 is 22.9 Å². The van der Waals surface area contributed by atoms with Crippen molar-refractivity contribution in [2.75, 3.05) is 25.6 Å². The van der Waals surface area contributed by atoms with Gasteiger partial charge in [-0.15, -0.1) is 11.6 Å². The molecule has 0 aromatic carbocycles. The summed E-state index contributed by atoms with van der Waals surface area (Å²) in [5.74, 6) is 0.372. The van der Waals surface area contributed by atoms with Gasteiger partial charge in [0.2, 0.25) is 5.91 Å². The highest BCUT2D eigenvalue weighted by Gasteiger charge is 2.35. The Labute approximate surface area is 104 Å². The topological polar surface area (TPSA) is 40.5 Å². The van der Waals surface area contributed by atoms with Gasteiger partial charge in [-0.25, -0.2) is 0 Å². The van der Waals surface area contributed by atoms with Crippen molar-refractivity contribution in [1.82, 2.24) is 4.90 Å². The first-order valence-corrected chi connectivity index (χ1v) is 6.70. The quantitative estimate of drug-likeness (QED) is 0.837. The zero-order valence-electron chi connectivity index (χ0n) is 8.80. The lowest BCUT2D eigenvalue weighted by molar-refractivity contribution is -0.127. The Kier molecular flexibility index (Phi) is 3.84. The van der Waals surface area contributed by atoms with Gasteiger partial charge in [0, 0.05) is 31.5 Å². The van der Waals surface area contributed by atoms with Gasteiger partial charge in [-0.3, -0.25) is 4.79 Å². The molecule has 2 atom stereocenters. The Morgan fingerprint density at radius 1 is 1.62 bits per heavy atom. The molecule has 2 heterocycles. The molecule has 1 amide bonds. The summed E-state index contributed by atoms with van der Waals surface area (Å²) in [6.07, 6.45) is 0. The van der Waals surface area contributed by atoms with Gasteiger partial charge in [-0.05, 0) is 22.4 Å². The molecular weight excluding hydrogens is 246 g/mol. The Morgan fingerprint density at radius 2 is 2.44 bits per heavy atom. The SMILES string of the molecule is O=C(CCl)N1C[C@@H](CO)[C@H](c2ccsc2)C1. The summed E-state index contributed by atoms with van der Waals surface area (Å²) in [5, 5.41) is 13.4. The highest BCUT2D eigenvalue weighted by Crippen LogP contribution is 2.33. The number of rotatable bonds is 3. The Balaban J connectivity index is 2.11. The molecule has 0 unspecified atom stereocenters. The van der Waals surface area contributed by atoms with Gasteiger partial charge >= 0.3 is 0 Å². The number of likely N-dealkylation sites (tertiary alicyclic amines) is 1. The maximum absolute atomic E-state index is 11.5. The number of alkyl halides is 1. The van der Waals surface area contributed by atoms with Crippen LogP contribution in [0.4, 0.5) is 0 Å². The van der Waals surface area contributed by atoms with E-state index in [0.717, 1.165) is 0 Å². The van der Waals surface area contributed by atoms with Crippen molar-refractivity contribution < 1.29 is 9.90 Å². The van der Waals surface area contributed by atoms with E-state index in [1.807, 2.05) is 5.38 Å². The first-order chi connectivity index (χ1) is 7.76. The fraction of sp³-hybridized carbons (Fsp3) is 0.545. The highest BCUT2D eigenvalue weighted by atomic mass is 35.5. The molecule has 16 heavy (non-hydrogen) atoms. The molecule has 1 aliphatic rings. The van der Waals surface area contributed by atoms with Gasteiger partial charge < -0.3 is 10.0 Å². The highest BCUT2D eigenvalue weighted by molar-refractivity contribution is 7.08. The van der Waals surface area contributed by atoms with Gasteiger partial charge in [0.25, 0.3) is 0 Å². The average Bonchev–Trinajstić information content (AvgIpc) is 2.95. The zero-order valence-corrected chi connectivity index (χ0v) is 10.4. The van der Waals surface area contributed by atoms with E-state index >= 15 is 0 Å². The lowest BCUT2D eigenvalue weighted by Crippen LogP contribution is -2.30. The van der Waals surface area contributed by atoms with E-state index in [2.05, 4.69) is 11.4 Å².